The maximum atomic E-state index is 12.6. The van der Waals surface area contributed by atoms with Gasteiger partial charge in [-0.05, 0) is 71.3 Å². The Morgan fingerprint density at radius 2 is 1.50 bits per heavy atom. The van der Waals surface area contributed by atoms with Gasteiger partial charge in [-0.3, -0.25) is 14.5 Å². The molecule has 2 aliphatic rings. The number of aliphatic hydroxyl groups is 1. The van der Waals surface area contributed by atoms with E-state index in [0.29, 0.717) is 50.0 Å². The molecule has 3 unspecified atom stereocenters. The van der Waals surface area contributed by atoms with Crippen molar-refractivity contribution in [3.05, 3.63) is 118 Å². The lowest BCUT2D eigenvalue weighted by atomic mass is 9.97. The first kappa shape index (κ1) is 38.8. The maximum absolute atomic E-state index is 12.6. The number of hydrogen-bond acceptors (Lipinski definition) is 9. The van der Waals surface area contributed by atoms with Gasteiger partial charge in [-0.15, -0.1) is 0 Å². The Morgan fingerprint density at radius 3 is 2.20 bits per heavy atom. The van der Waals surface area contributed by atoms with Gasteiger partial charge in [0.2, 0.25) is 11.8 Å². The molecule has 2 amide bonds. The van der Waals surface area contributed by atoms with Gasteiger partial charge in [-0.2, -0.15) is 0 Å². The summed E-state index contributed by atoms with van der Waals surface area (Å²) in [6, 6.07) is 27.3. The summed E-state index contributed by atoms with van der Waals surface area (Å²) in [7, 11) is 3.33. The van der Waals surface area contributed by atoms with Crippen molar-refractivity contribution in [2.45, 2.75) is 83.1 Å². The fourth-order valence-electron chi connectivity index (χ4n) is 7.07. The molecule has 0 spiro atoms. The second kappa shape index (κ2) is 18.9. The average molecular weight is 737 g/mol. The van der Waals surface area contributed by atoms with Gasteiger partial charge in [0.25, 0.3) is 0 Å². The number of para-hydroxylation sites is 2. The first-order chi connectivity index (χ1) is 26.3. The molecule has 0 bridgehead atoms. The first-order valence-electron chi connectivity index (χ1n) is 18.8. The molecule has 0 radical (unpaired) electrons. The van der Waals surface area contributed by atoms with Gasteiger partial charge in [-0.1, -0.05) is 67.1 Å². The summed E-state index contributed by atoms with van der Waals surface area (Å²) in [5.74, 6) is 1.39. The van der Waals surface area contributed by atoms with Gasteiger partial charge in [0.05, 0.1) is 44.4 Å². The molecule has 2 heterocycles. The fraction of sp³-hybridized carbons (Fsp3) is 0.395. The molecular formula is C43H52N4O7. The number of aliphatic hydroxyl groups excluding tert-OH is 1. The largest absolute Gasteiger partial charge is 0.493 e. The van der Waals surface area contributed by atoms with Crippen molar-refractivity contribution >= 4 is 23.2 Å². The van der Waals surface area contributed by atoms with E-state index in [1.807, 2.05) is 60.7 Å². The second-order valence-corrected chi connectivity index (χ2v) is 14.0. The summed E-state index contributed by atoms with van der Waals surface area (Å²) in [6.45, 7) is 2.86. The summed E-state index contributed by atoms with van der Waals surface area (Å²) in [5, 5.41) is 15.4. The monoisotopic (exact) mass is 736 g/mol. The summed E-state index contributed by atoms with van der Waals surface area (Å²) in [4.78, 5) is 27.2. The number of unbranched alkanes of at least 4 members (excludes halogenated alkanes) is 2. The zero-order chi connectivity index (χ0) is 37.9. The third-order valence-corrected chi connectivity index (χ3v) is 10.2. The highest BCUT2D eigenvalue weighted by molar-refractivity contribution is 5.93. The van der Waals surface area contributed by atoms with Crippen LogP contribution in [0.4, 0.5) is 11.4 Å². The van der Waals surface area contributed by atoms with Gasteiger partial charge < -0.3 is 40.4 Å². The summed E-state index contributed by atoms with van der Waals surface area (Å²) in [5.41, 5.74) is 13.4. The number of nitrogen functional groups attached to an aromatic ring is 1. The van der Waals surface area contributed by atoms with Crippen LogP contribution in [0.5, 0.6) is 11.5 Å². The van der Waals surface area contributed by atoms with Crippen LogP contribution in [0.15, 0.2) is 84.9 Å². The van der Waals surface area contributed by atoms with Gasteiger partial charge >= 0.3 is 0 Å². The lowest BCUT2D eigenvalue weighted by molar-refractivity contribution is -0.253. The topological polar surface area (TPSA) is 145 Å². The van der Waals surface area contributed by atoms with Gasteiger partial charge in [0.15, 0.2) is 17.8 Å². The van der Waals surface area contributed by atoms with E-state index in [9.17, 15) is 14.7 Å². The van der Waals surface area contributed by atoms with Crippen LogP contribution in [0.25, 0.3) is 0 Å². The van der Waals surface area contributed by atoms with Crippen molar-refractivity contribution in [1.29, 1.82) is 0 Å². The van der Waals surface area contributed by atoms with Crippen LogP contribution in [0, 0.1) is 0 Å². The highest BCUT2D eigenvalue weighted by atomic mass is 16.7. The van der Waals surface area contributed by atoms with Crippen LogP contribution in [0.2, 0.25) is 0 Å². The number of nitrogens with zero attached hydrogens (tertiary/aromatic N) is 1. The van der Waals surface area contributed by atoms with E-state index in [4.69, 9.17) is 24.7 Å². The number of anilines is 2. The highest BCUT2D eigenvalue weighted by Gasteiger charge is 2.34. The third-order valence-electron chi connectivity index (χ3n) is 10.2. The normalized spacial score (nSPS) is 18.4. The number of rotatable bonds is 16. The number of nitrogens with one attached hydrogen (secondary N) is 2. The molecule has 11 nitrogen and oxygen atoms in total. The Labute approximate surface area is 317 Å². The van der Waals surface area contributed by atoms with E-state index in [1.165, 1.54) is 11.1 Å². The molecule has 4 aromatic rings. The molecule has 0 saturated carbocycles. The Hall–Kier alpha value is -4.94. The molecule has 0 aromatic heterocycles. The standard InChI is InChI=1S/C43H52N4O7/c1-51-39-22-33-20-21-47(26-34(33)23-40(39)52-2)27-35-24-38(31-16-14-30(28-48)15-17-31)54-43(53-35)32-18-12-29(13-19-32)25-45-41(49)10-4-3-5-11-42(50)46-37-9-7-6-8-36(37)44/h6-9,12-19,22-23,35,38,43,48H,3-5,10-11,20-21,24-28,44H2,1-2H3,(H,45,49)(H,46,50). The number of hydrogen-bond donors (Lipinski definition) is 4. The molecule has 286 valence electrons. The van der Waals surface area contributed by atoms with Crippen LogP contribution in [0.1, 0.15) is 84.3 Å². The van der Waals surface area contributed by atoms with Gasteiger partial charge in [0.1, 0.15) is 0 Å². The van der Waals surface area contributed by atoms with E-state index in [1.54, 1.807) is 26.4 Å². The van der Waals surface area contributed by atoms with E-state index in [2.05, 4.69) is 27.7 Å². The number of methoxy groups -OCH3 is 2. The van der Waals surface area contributed by atoms with Crippen LogP contribution in [-0.2, 0) is 45.2 Å². The average Bonchev–Trinajstić information content (AvgIpc) is 3.20. The number of carbonyl (C=O) groups is 2. The highest BCUT2D eigenvalue weighted by Crippen LogP contribution is 2.39. The van der Waals surface area contributed by atoms with E-state index in [0.717, 1.165) is 66.2 Å². The lowest BCUT2D eigenvalue weighted by Crippen LogP contribution is -2.41. The molecular weight excluding hydrogens is 684 g/mol. The SMILES string of the molecule is COc1cc2c(cc1OC)CN(CC1CC(c3ccc(CO)cc3)OC(c3ccc(CNC(=O)CCCCCC(=O)Nc4ccccc4N)cc3)O1)CC2. The fourth-order valence-corrected chi connectivity index (χ4v) is 7.07. The quantitative estimate of drug-likeness (QED) is 0.0740. The molecule has 54 heavy (non-hydrogen) atoms. The summed E-state index contributed by atoms with van der Waals surface area (Å²) >= 11 is 0. The zero-order valence-electron chi connectivity index (χ0n) is 31.2. The Kier molecular flexibility index (Phi) is 13.6. The van der Waals surface area contributed by atoms with Crippen molar-refractivity contribution in [2.75, 3.05) is 38.4 Å². The van der Waals surface area contributed by atoms with Crippen molar-refractivity contribution in [1.82, 2.24) is 10.2 Å². The third kappa shape index (κ3) is 10.4. The number of fused-ring (bicyclic) bond motifs is 1. The molecule has 1 saturated heterocycles. The van der Waals surface area contributed by atoms with Crippen LogP contribution < -0.4 is 25.8 Å². The molecule has 2 aliphatic heterocycles. The van der Waals surface area contributed by atoms with Crippen molar-refractivity contribution < 1.29 is 33.6 Å². The van der Waals surface area contributed by atoms with Gasteiger partial charge in [0, 0.05) is 51.0 Å². The number of nitrogens with two attached hydrogens (primary N) is 1. The number of benzene rings is 4. The van der Waals surface area contributed by atoms with E-state index in [-0.39, 0.29) is 30.6 Å². The molecule has 6 rings (SSSR count). The minimum atomic E-state index is -0.566. The van der Waals surface area contributed by atoms with Crippen molar-refractivity contribution in [3.63, 3.8) is 0 Å². The van der Waals surface area contributed by atoms with Crippen LogP contribution in [0.3, 0.4) is 0 Å². The first-order valence-corrected chi connectivity index (χ1v) is 18.8. The van der Waals surface area contributed by atoms with E-state index >= 15 is 0 Å². The Balaban J connectivity index is 1.01. The molecule has 5 N–H and O–H groups in total. The molecule has 1 fully saturated rings. The number of carbonyl (C=O) groups excluding carboxylic acids is 2. The molecule has 3 atom stereocenters. The predicted octanol–water partition coefficient (Wildman–Crippen LogP) is 6.59. The predicted molar refractivity (Wildman–Crippen MR) is 208 cm³/mol. The minimum Gasteiger partial charge on any atom is -0.493 e. The van der Waals surface area contributed by atoms with Crippen molar-refractivity contribution in [2.24, 2.45) is 0 Å². The van der Waals surface area contributed by atoms with Crippen LogP contribution in [-0.4, -0.2) is 55.2 Å². The second-order valence-electron chi connectivity index (χ2n) is 14.0. The summed E-state index contributed by atoms with van der Waals surface area (Å²) < 4.78 is 24.3. The molecule has 4 aromatic carbocycles. The van der Waals surface area contributed by atoms with E-state index < -0.39 is 6.29 Å². The number of ether oxygens (including phenoxy) is 4. The minimum absolute atomic E-state index is 0.00767. The smallest absolute Gasteiger partial charge is 0.224 e. The Morgan fingerprint density at radius 1 is 0.833 bits per heavy atom. The maximum Gasteiger partial charge on any atom is 0.224 e. The Bertz CT molecular complexity index is 1850. The summed E-state index contributed by atoms with van der Waals surface area (Å²) in [6.07, 6.45) is 3.76. The molecule has 11 heteroatoms. The van der Waals surface area contributed by atoms with Gasteiger partial charge in [-0.25, -0.2) is 0 Å². The van der Waals surface area contributed by atoms with Crippen molar-refractivity contribution in [3.8, 4) is 11.5 Å². The zero-order valence-corrected chi connectivity index (χ0v) is 31.2. The van der Waals surface area contributed by atoms with Crippen LogP contribution >= 0.6 is 0 Å². The lowest BCUT2D eigenvalue weighted by Gasteiger charge is -2.39. The molecule has 0 aliphatic carbocycles. The number of amides is 2.